The first-order valence-electron chi connectivity index (χ1n) is 6.28. The number of hydrogen-bond acceptors (Lipinski definition) is 3. The van der Waals surface area contributed by atoms with Crippen molar-refractivity contribution in [2.45, 2.75) is 50.8 Å². The van der Waals surface area contributed by atoms with E-state index in [1.807, 2.05) is 0 Å². The lowest BCUT2D eigenvalue weighted by Crippen LogP contribution is -2.57. The molecule has 2 nitrogen and oxygen atoms in total. The lowest BCUT2D eigenvalue weighted by molar-refractivity contribution is 0.0970. The van der Waals surface area contributed by atoms with Crippen LogP contribution in [-0.4, -0.2) is 41.1 Å². The van der Waals surface area contributed by atoms with Crippen LogP contribution in [0.25, 0.3) is 0 Å². The van der Waals surface area contributed by atoms with Crippen LogP contribution in [0.1, 0.15) is 40.0 Å². The molecule has 0 aromatic carbocycles. The Bertz CT molecular complexity index is 180. The summed E-state index contributed by atoms with van der Waals surface area (Å²) < 4.78 is 0. The van der Waals surface area contributed by atoms with Crippen molar-refractivity contribution in [2.75, 3.05) is 25.4 Å². The fourth-order valence-corrected chi connectivity index (χ4v) is 4.18. The van der Waals surface area contributed by atoms with Gasteiger partial charge in [0.15, 0.2) is 0 Å². The lowest BCUT2D eigenvalue weighted by Gasteiger charge is -2.43. The van der Waals surface area contributed by atoms with Crippen molar-refractivity contribution < 1.29 is 0 Å². The summed E-state index contributed by atoms with van der Waals surface area (Å²) in [5.74, 6) is 1.28. The average molecular weight is 230 g/mol. The van der Waals surface area contributed by atoms with Gasteiger partial charge in [-0.2, -0.15) is 11.8 Å². The van der Waals surface area contributed by atoms with Gasteiger partial charge in [0, 0.05) is 17.3 Å². The molecule has 0 bridgehead atoms. The Morgan fingerprint density at radius 2 is 1.93 bits per heavy atom. The lowest BCUT2D eigenvalue weighted by atomic mass is 9.90. The van der Waals surface area contributed by atoms with E-state index in [2.05, 4.69) is 37.4 Å². The van der Waals surface area contributed by atoms with Crippen LogP contribution in [0.3, 0.4) is 0 Å². The van der Waals surface area contributed by atoms with Crippen LogP contribution < -0.4 is 5.73 Å². The number of rotatable bonds is 6. The molecule has 0 aliphatic carbocycles. The highest BCUT2D eigenvalue weighted by atomic mass is 32.2. The molecule has 1 saturated heterocycles. The minimum absolute atomic E-state index is 0.288. The SMILES string of the molecule is CCCN(CCC)C1(CN)CCSC1C. The largest absolute Gasteiger partial charge is 0.329 e. The summed E-state index contributed by atoms with van der Waals surface area (Å²) in [6, 6.07) is 0. The Labute approximate surface area is 99.0 Å². The van der Waals surface area contributed by atoms with Gasteiger partial charge in [0.2, 0.25) is 0 Å². The average Bonchev–Trinajstić information content (AvgIpc) is 2.60. The summed E-state index contributed by atoms with van der Waals surface area (Å²) in [5.41, 5.74) is 6.35. The van der Waals surface area contributed by atoms with Crippen LogP contribution in [0.5, 0.6) is 0 Å². The van der Waals surface area contributed by atoms with Crippen molar-refractivity contribution in [1.82, 2.24) is 4.90 Å². The zero-order valence-electron chi connectivity index (χ0n) is 10.5. The quantitative estimate of drug-likeness (QED) is 0.759. The highest BCUT2D eigenvalue weighted by Gasteiger charge is 2.43. The molecule has 0 aromatic rings. The molecule has 15 heavy (non-hydrogen) atoms. The second-order valence-corrected chi connectivity index (χ2v) is 6.01. The van der Waals surface area contributed by atoms with Crippen LogP contribution >= 0.6 is 11.8 Å². The molecule has 2 unspecified atom stereocenters. The monoisotopic (exact) mass is 230 g/mol. The first-order chi connectivity index (χ1) is 7.21. The van der Waals surface area contributed by atoms with Crippen molar-refractivity contribution >= 4 is 11.8 Å². The van der Waals surface area contributed by atoms with Crippen LogP contribution in [0.15, 0.2) is 0 Å². The maximum absolute atomic E-state index is 6.07. The minimum atomic E-state index is 0.288. The van der Waals surface area contributed by atoms with Crippen LogP contribution in [0, 0.1) is 0 Å². The standard InChI is InChI=1S/C12H26N2S/c1-4-7-14(8-5-2)12(10-13)6-9-15-11(12)3/h11H,4-10,13H2,1-3H3. The van der Waals surface area contributed by atoms with E-state index in [1.54, 1.807) is 0 Å². The van der Waals surface area contributed by atoms with Crippen molar-refractivity contribution in [3.63, 3.8) is 0 Å². The molecular weight excluding hydrogens is 204 g/mol. The molecule has 0 amide bonds. The summed E-state index contributed by atoms with van der Waals surface area (Å²) >= 11 is 2.09. The van der Waals surface area contributed by atoms with Crippen LogP contribution in [-0.2, 0) is 0 Å². The second-order valence-electron chi connectivity index (χ2n) is 4.56. The number of thioether (sulfide) groups is 1. The van der Waals surface area contributed by atoms with Gasteiger partial charge < -0.3 is 5.73 Å². The van der Waals surface area contributed by atoms with Gasteiger partial charge in [0.1, 0.15) is 0 Å². The van der Waals surface area contributed by atoms with Gasteiger partial charge in [-0.1, -0.05) is 20.8 Å². The molecule has 0 spiro atoms. The molecule has 1 heterocycles. The van der Waals surface area contributed by atoms with E-state index in [0.29, 0.717) is 5.25 Å². The number of nitrogens with zero attached hydrogens (tertiary/aromatic N) is 1. The smallest absolute Gasteiger partial charge is 0.0455 e. The van der Waals surface area contributed by atoms with Crippen molar-refractivity contribution in [3.8, 4) is 0 Å². The molecule has 90 valence electrons. The summed E-state index contributed by atoms with van der Waals surface area (Å²) in [6.07, 6.45) is 3.74. The Morgan fingerprint density at radius 3 is 2.27 bits per heavy atom. The number of hydrogen-bond donors (Lipinski definition) is 1. The van der Waals surface area contributed by atoms with Gasteiger partial charge in [-0.15, -0.1) is 0 Å². The molecular formula is C12H26N2S. The molecule has 0 aromatic heterocycles. The van der Waals surface area contributed by atoms with E-state index in [-0.39, 0.29) is 5.54 Å². The Hall–Kier alpha value is 0.270. The molecule has 3 heteroatoms. The number of nitrogens with two attached hydrogens (primary N) is 1. The highest BCUT2D eigenvalue weighted by Crippen LogP contribution is 2.39. The maximum atomic E-state index is 6.07. The summed E-state index contributed by atoms with van der Waals surface area (Å²) in [4.78, 5) is 2.65. The highest BCUT2D eigenvalue weighted by molar-refractivity contribution is 8.00. The van der Waals surface area contributed by atoms with Gasteiger partial charge >= 0.3 is 0 Å². The molecule has 0 saturated carbocycles. The van der Waals surface area contributed by atoms with Gasteiger partial charge in [-0.3, -0.25) is 4.90 Å². The Balaban J connectivity index is 2.75. The molecule has 2 N–H and O–H groups in total. The third-order valence-electron chi connectivity index (χ3n) is 3.63. The first-order valence-corrected chi connectivity index (χ1v) is 7.32. The molecule has 1 fully saturated rings. The maximum Gasteiger partial charge on any atom is 0.0455 e. The predicted molar refractivity (Wildman–Crippen MR) is 70.5 cm³/mol. The van der Waals surface area contributed by atoms with E-state index in [0.717, 1.165) is 6.54 Å². The summed E-state index contributed by atoms with van der Waals surface area (Å²) in [7, 11) is 0. The van der Waals surface area contributed by atoms with Gasteiger partial charge in [-0.25, -0.2) is 0 Å². The fraction of sp³-hybridized carbons (Fsp3) is 1.00. The minimum Gasteiger partial charge on any atom is -0.329 e. The molecule has 2 atom stereocenters. The second kappa shape index (κ2) is 6.12. The van der Waals surface area contributed by atoms with Gasteiger partial charge in [0.25, 0.3) is 0 Å². The zero-order chi connectivity index (χ0) is 11.3. The van der Waals surface area contributed by atoms with Crippen molar-refractivity contribution in [1.29, 1.82) is 0 Å². The third kappa shape index (κ3) is 2.69. The van der Waals surface area contributed by atoms with E-state index in [1.165, 1.54) is 38.1 Å². The topological polar surface area (TPSA) is 29.3 Å². The fourth-order valence-electron chi connectivity index (χ4n) is 2.68. The van der Waals surface area contributed by atoms with Gasteiger partial charge in [-0.05, 0) is 38.1 Å². The van der Waals surface area contributed by atoms with E-state index >= 15 is 0 Å². The van der Waals surface area contributed by atoms with Crippen LogP contribution in [0.2, 0.25) is 0 Å². The first kappa shape index (κ1) is 13.3. The molecule has 1 rings (SSSR count). The predicted octanol–water partition coefficient (Wildman–Crippen LogP) is 2.33. The van der Waals surface area contributed by atoms with Crippen LogP contribution in [0.4, 0.5) is 0 Å². The van der Waals surface area contributed by atoms with Crippen molar-refractivity contribution in [2.24, 2.45) is 5.73 Å². The van der Waals surface area contributed by atoms with Gasteiger partial charge in [0.05, 0.1) is 0 Å². The normalized spacial score (nSPS) is 31.4. The third-order valence-corrected chi connectivity index (χ3v) is 5.01. The van der Waals surface area contributed by atoms with E-state index in [4.69, 9.17) is 5.73 Å². The molecule has 1 aliphatic heterocycles. The Morgan fingerprint density at radius 1 is 1.33 bits per heavy atom. The van der Waals surface area contributed by atoms with E-state index in [9.17, 15) is 0 Å². The Kier molecular flexibility index (Phi) is 5.44. The summed E-state index contributed by atoms with van der Waals surface area (Å²) in [6.45, 7) is 10.1. The summed E-state index contributed by atoms with van der Waals surface area (Å²) in [5, 5.41) is 0.695. The molecule has 1 aliphatic rings. The zero-order valence-corrected chi connectivity index (χ0v) is 11.3. The van der Waals surface area contributed by atoms with E-state index < -0.39 is 0 Å². The molecule has 0 radical (unpaired) electrons. The van der Waals surface area contributed by atoms with Crippen molar-refractivity contribution in [3.05, 3.63) is 0 Å².